The maximum atomic E-state index is 12.6. The number of non-ortho nitro benzene ring substituents is 1. The van der Waals surface area contributed by atoms with Crippen LogP contribution in [0.2, 0.25) is 0 Å². The minimum Gasteiger partial charge on any atom is -0.393 e. The summed E-state index contributed by atoms with van der Waals surface area (Å²) in [5.74, 6) is 1.43. The fraction of sp³-hybridized carbons (Fsp3) is 0.577. The van der Waals surface area contributed by atoms with Gasteiger partial charge in [0.15, 0.2) is 0 Å². The summed E-state index contributed by atoms with van der Waals surface area (Å²) in [5, 5.41) is 21.8. The minimum absolute atomic E-state index is 0.0212. The normalized spacial score (nSPS) is 41.9. The molecule has 1 aliphatic heterocycles. The van der Waals surface area contributed by atoms with Gasteiger partial charge in [-0.05, 0) is 84.6 Å². The largest absolute Gasteiger partial charge is 0.393 e. The van der Waals surface area contributed by atoms with Crippen molar-refractivity contribution in [1.29, 1.82) is 0 Å². The van der Waals surface area contributed by atoms with Crippen molar-refractivity contribution in [2.75, 3.05) is 7.05 Å². The van der Waals surface area contributed by atoms with E-state index in [9.17, 15) is 20.0 Å². The number of amides is 1. The Balaban J connectivity index is 1.59. The van der Waals surface area contributed by atoms with E-state index in [0.29, 0.717) is 17.8 Å². The highest BCUT2D eigenvalue weighted by Gasteiger charge is 2.61. The molecule has 3 saturated carbocycles. The molecule has 0 saturated heterocycles. The Labute approximate surface area is 189 Å². The molecular weight excluding hydrogens is 404 g/mol. The highest BCUT2D eigenvalue weighted by molar-refractivity contribution is 5.89. The maximum absolute atomic E-state index is 12.6. The molecule has 1 N–H and O–H groups in total. The molecule has 170 valence electrons. The van der Waals surface area contributed by atoms with Gasteiger partial charge in [0, 0.05) is 24.6 Å². The van der Waals surface area contributed by atoms with E-state index in [0.717, 1.165) is 37.7 Å². The number of rotatable bonds is 2. The number of fused-ring (bicyclic) bond motifs is 5. The van der Waals surface area contributed by atoms with E-state index in [1.807, 2.05) is 11.9 Å². The van der Waals surface area contributed by atoms with Gasteiger partial charge in [-0.15, -0.1) is 0 Å². The molecule has 5 rings (SSSR count). The molecule has 1 heterocycles. The van der Waals surface area contributed by atoms with Crippen molar-refractivity contribution in [3.05, 3.63) is 57.7 Å². The first-order valence-electron chi connectivity index (χ1n) is 11.7. The molecule has 1 aromatic carbocycles. The summed E-state index contributed by atoms with van der Waals surface area (Å²) >= 11 is 0. The first-order chi connectivity index (χ1) is 15.1. The van der Waals surface area contributed by atoms with Crippen LogP contribution < -0.4 is 0 Å². The van der Waals surface area contributed by atoms with Crippen molar-refractivity contribution in [2.45, 2.75) is 58.1 Å². The lowest BCUT2D eigenvalue weighted by Crippen LogP contribution is -2.60. The number of aliphatic hydroxyl groups is 1. The van der Waals surface area contributed by atoms with E-state index in [1.54, 1.807) is 18.2 Å². The van der Waals surface area contributed by atoms with Crippen LogP contribution in [-0.4, -0.2) is 40.0 Å². The Morgan fingerprint density at radius 1 is 1.16 bits per heavy atom. The number of carbonyl (C=O) groups is 1. The number of nitrogens with zero attached hydrogens (tertiary/aromatic N) is 2. The zero-order chi connectivity index (χ0) is 22.8. The van der Waals surface area contributed by atoms with Crippen LogP contribution in [0.1, 0.15) is 51.5 Å². The Morgan fingerprint density at radius 2 is 1.88 bits per heavy atom. The fourth-order valence-electron chi connectivity index (χ4n) is 7.72. The van der Waals surface area contributed by atoms with Crippen LogP contribution in [0.5, 0.6) is 0 Å². The Hall–Kier alpha value is -2.47. The number of benzene rings is 1. The Morgan fingerprint density at radius 3 is 2.56 bits per heavy atom. The third-order valence-electron chi connectivity index (χ3n) is 9.37. The fourth-order valence-corrected chi connectivity index (χ4v) is 7.72. The average molecular weight is 437 g/mol. The molecule has 0 spiro atoms. The lowest BCUT2D eigenvalue weighted by atomic mass is 9.47. The second kappa shape index (κ2) is 7.27. The van der Waals surface area contributed by atoms with Crippen LogP contribution in [0.25, 0.3) is 6.08 Å². The predicted molar refractivity (Wildman–Crippen MR) is 123 cm³/mol. The molecule has 0 bridgehead atoms. The number of carbonyl (C=O) groups excluding carboxylic acids is 1. The molecular formula is C26H32N2O4. The van der Waals surface area contributed by atoms with Crippen molar-refractivity contribution in [3.63, 3.8) is 0 Å². The van der Waals surface area contributed by atoms with Gasteiger partial charge in [0.1, 0.15) is 0 Å². The maximum Gasteiger partial charge on any atom is 0.269 e. The van der Waals surface area contributed by atoms with Crippen LogP contribution >= 0.6 is 0 Å². The molecule has 0 radical (unpaired) electrons. The van der Waals surface area contributed by atoms with Gasteiger partial charge in [0.2, 0.25) is 5.91 Å². The Bertz CT molecular complexity index is 1020. The molecule has 32 heavy (non-hydrogen) atoms. The summed E-state index contributed by atoms with van der Waals surface area (Å²) in [6.07, 6.45) is 10.7. The third kappa shape index (κ3) is 2.99. The van der Waals surface area contributed by atoms with Crippen molar-refractivity contribution < 1.29 is 14.8 Å². The molecule has 2 unspecified atom stereocenters. The molecule has 6 nitrogen and oxygen atoms in total. The Kier molecular flexibility index (Phi) is 4.86. The third-order valence-corrected chi connectivity index (χ3v) is 9.37. The highest BCUT2D eigenvalue weighted by Crippen LogP contribution is 2.64. The number of nitro benzene ring substituents is 1. The summed E-state index contributed by atoms with van der Waals surface area (Å²) < 4.78 is 0. The molecule has 0 aromatic heterocycles. The molecule has 7 atom stereocenters. The number of hydrogen-bond donors (Lipinski definition) is 1. The smallest absolute Gasteiger partial charge is 0.269 e. The number of aliphatic hydroxyl groups excluding tert-OH is 1. The van der Waals surface area contributed by atoms with Gasteiger partial charge in [-0.25, -0.2) is 0 Å². The minimum atomic E-state index is -0.383. The molecule has 4 aliphatic rings. The van der Waals surface area contributed by atoms with Gasteiger partial charge >= 0.3 is 0 Å². The zero-order valence-electron chi connectivity index (χ0n) is 19.0. The summed E-state index contributed by atoms with van der Waals surface area (Å²) in [4.78, 5) is 25.2. The zero-order valence-corrected chi connectivity index (χ0v) is 19.0. The standard InChI is InChI=1S/C26H32N2O4/c1-25-12-10-21-19(20(25)8-9-22(25)29)15-17(14-16-4-6-18(7-5-16)28(31)32)24-26(21,2)13-11-23(30)27(24)3/h4-7,11,13-14,19-22,24,29H,8-10,12,15H2,1-3H3/t19-,20-,21+,22?,24?,25-,26+/m0/s1. The van der Waals surface area contributed by atoms with Crippen molar-refractivity contribution >= 4 is 17.7 Å². The predicted octanol–water partition coefficient (Wildman–Crippen LogP) is 4.59. The summed E-state index contributed by atoms with van der Waals surface area (Å²) in [6, 6.07) is 6.64. The van der Waals surface area contributed by atoms with Gasteiger partial charge in [0.05, 0.1) is 17.1 Å². The van der Waals surface area contributed by atoms with E-state index >= 15 is 0 Å². The monoisotopic (exact) mass is 436 g/mol. The van der Waals surface area contributed by atoms with Gasteiger partial charge in [0.25, 0.3) is 5.69 Å². The van der Waals surface area contributed by atoms with Gasteiger partial charge < -0.3 is 10.0 Å². The van der Waals surface area contributed by atoms with Crippen molar-refractivity contribution in [1.82, 2.24) is 4.90 Å². The highest BCUT2D eigenvalue weighted by atomic mass is 16.6. The topological polar surface area (TPSA) is 83.7 Å². The van der Waals surface area contributed by atoms with Crippen molar-refractivity contribution in [2.24, 2.45) is 28.6 Å². The second-order valence-electron chi connectivity index (χ2n) is 10.8. The van der Waals surface area contributed by atoms with Crippen LogP contribution in [0.4, 0.5) is 5.69 Å². The SMILES string of the molecule is CN1C(=O)C=C[C@@]2(C)C1C(=Cc1ccc([N+](=O)[O-])cc1)C[C@@H]1[C@H]2CC[C@]2(C)C(O)CC[C@@H]12. The van der Waals surface area contributed by atoms with E-state index in [2.05, 4.69) is 26.0 Å². The first kappa shape index (κ1) is 21.4. The number of likely N-dealkylation sites (N-methyl/N-ethyl adjacent to an activating group) is 1. The second-order valence-corrected chi connectivity index (χ2v) is 10.8. The molecule has 6 heteroatoms. The average Bonchev–Trinajstić information content (AvgIpc) is 3.06. The molecule has 1 aromatic rings. The van der Waals surface area contributed by atoms with Crippen LogP contribution in [0.15, 0.2) is 42.0 Å². The first-order valence-corrected chi connectivity index (χ1v) is 11.7. The summed E-state index contributed by atoms with van der Waals surface area (Å²) in [5.41, 5.74) is 2.03. The number of nitro groups is 1. The molecule has 3 aliphatic carbocycles. The van der Waals surface area contributed by atoms with Crippen LogP contribution in [0, 0.1) is 38.7 Å². The quantitative estimate of drug-likeness (QED) is 0.543. The van der Waals surface area contributed by atoms with Gasteiger partial charge in [-0.1, -0.05) is 26.0 Å². The lowest BCUT2D eigenvalue weighted by Gasteiger charge is -2.60. The summed E-state index contributed by atoms with van der Waals surface area (Å²) in [6.45, 7) is 4.57. The number of hydrogen-bond acceptors (Lipinski definition) is 4. The van der Waals surface area contributed by atoms with E-state index < -0.39 is 0 Å². The summed E-state index contributed by atoms with van der Waals surface area (Å²) in [7, 11) is 1.89. The van der Waals surface area contributed by atoms with Crippen LogP contribution in [0.3, 0.4) is 0 Å². The van der Waals surface area contributed by atoms with E-state index in [1.165, 1.54) is 17.7 Å². The molecule has 1 amide bonds. The van der Waals surface area contributed by atoms with E-state index in [-0.39, 0.29) is 39.5 Å². The lowest BCUT2D eigenvalue weighted by molar-refractivity contribution is -0.384. The van der Waals surface area contributed by atoms with Crippen LogP contribution in [-0.2, 0) is 4.79 Å². The van der Waals surface area contributed by atoms with Crippen molar-refractivity contribution in [3.8, 4) is 0 Å². The van der Waals surface area contributed by atoms with E-state index in [4.69, 9.17) is 0 Å². The van der Waals surface area contributed by atoms with Gasteiger partial charge in [-0.2, -0.15) is 0 Å². The molecule has 3 fully saturated rings. The van der Waals surface area contributed by atoms with Gasteiger partial charge in [-0.3, -0.25) is 14.9 Å².